The molecule has 0 unspecified atom stereocenters. The van der Waals surface area contributed by atoms with E-state index in [1.165, 1.54) is 0 Å². The van der Waals surface area contributed by atoms with Crippen LogP contribution in [-0.4, -0.2) is 31.2 Å². The van der Waals surface area contributed by atoms with E-state index in [0.29, 0.717) is 18.6 Å². The van der Waals surface area contributed by atoms with Gasteiger partial charge in [0.25, 0.3) is 0 Å². The lowest BCUT2D eigenvalue weighted by Gasteiger charge is -2.36. The smallest absolute Gasteiger partial charge is 0.227 e. The van der Waals surface area contributed by atoms with Crippen molar-refractivity contribution < 1.29 is 9.53 Å². The third-order valence-electron chi connectivity index (χ3n) is 4.12. The summed E-state index contributed by atoms with van der Waals surface area (Å²) < 4.78 is 5.56. The van der Waals surface area contributed by atoms with E-state index in [2.05, 4.69) is 17.4 Å². The average molecular weight is 274 g/mol. The van der Waals surface area contributed by atoms with Gasteiger partial charge in [0.15, 0.2) is 0 Å². The zero-order valence-electron chi connectivity index (χ0n) is 12.0. The van der Waals surface area contributed by atoms with Gasteiger partial charge in [0.2, 0.25) is 5.91 Å². The third kappa shape index (κ3) is 2.80. The van der Waals surface area contributed by atoms with E-state index in [4.69, 9.17) is 4.74 Å². The van der Waals surface area contributed by atoms with E-state index >= 15 is 0 Å². The lowest BCUT2D eigenvalue weighted by Crippen LogP contribution is -2.40. The van der Waals surface area contributed by atoms with Crippen molar-refractivity contribution >= 4 is 17.3 Å². The predicted octanol–water partition coefficient (Wildman–Crippen LogP) is 2.79. The molecular formula is C16H22N2O2. The van der Waals surface area contributed by atoms with Gasteiger partial charge in [-0.15, -0.1) is 0 Å². The Morgan fingerprint density at radius 1 is 1.30 bits per heavy atom. The van der Waals surface area contributed by atoms with Crippen LogP contribution in [0.15, 0.2) is 24.3 Å². The van der Waals surface area contributed by atoms with Crippen LogP contribution in [0.1, 0.15) is 32.6 Å². The van der Waals surface area contributed by atoms with Crippen molar-refractivity contribution in [1.82, 2.24) is 0 Å². The molecular weight excluding hydrogens is 252 g/mol. The minimum Gasteiger partial charge on any atom is -0.382 e. The van der Waals surface area contributed by atoms with Crippen molar-refractivity contribution in [3.05, 3.63) is 24.3 Å². The second-order valence-electron chi connectivity index (χ2n) is 5.59. The number of hydrogen-bond acceptors (Lipinski definition) is 3. The maximum absolute atomic E-state index is 11.7. The number of nitrogens with zero attached hydrogens (tertiary/aromatic N) is 1. The molecule has 1 aliphatic carbocycles. The van der Waals surface area contributed by atoms with Gasteiger partial charge in [0.1, 0.15) is 0 Å². The average Bonchev–Trinajstić information content (AvgIpc) is 2.83. The monoisotopic (exact) mass is 274 g/mol. The molecule has 1 saturated carbocycles. The molecule has 4 heteroatoms. The quantitative estimate of drug-likeness (QED) is 0.897. The molecule has 0 aromatic heterocycles. The molecule has 0 radical (unpaired) electrons. The molecule has 108 valence electrons. The molecule has 1 aromatic rings. The highest BCUT2D eigenvalue weighted by Crippen LogP contribution is 2.28. The maximum Gasteiger partial charge on any atom is 0.227 e. The van der Waals surface area contributed by atoms with Gasteiger partial charge in [-0.2, -0.15) is 0 Å². The molecule has 2 aliphatic rings. The molecule has 1 amide bonds. The van der Waals surface area contributed by atoms with Gasteiger partial charge in [-0.3, -0.25) is 4.79 Å². The van der Waals surface area contributed by atoms with Gasteiger partial charge in [-0.05, 0) is 50.5 Å². The van der Waals surface area contributed by atoms with Crippen molar-refractivity contribution in [2.75, 3.05) is 23.4 Å². The summed E-state index contributed by atoms with van der Waals surface area (Å²) in [5.41, 5.74) is 2.14. The summed E-state index contributed by atoms with van der Waals surface area (Å²) in [4.78, 5) is 13.6. The van der Waals surface area contributed by atoms with Gasteiger partial charge in [-0.25, -0.2) is 0 Å². The van der Waals surface area contributed by atoms with Gasteiger partial charge in [-0.1, -0.05) is 0 Å². The lowest BCUT2D eigenvalue weighted by molar-refractivity contribution is -0.117. The Balaban J connectivity index is 1.53. The summed E-state index contributed by atoms with van der Waals surface area (Å²) in [5.74, 6) is 0.240. The molecule has 20 heavy (non-hydrogen) atoms. The van der Waals surface area contributed by atoms with Crippen molar-refractivity contribution in [3.8, 4) is 0 Å². The highest BCUT2D eigenvalue weighted by Gasteiger charge is 2.29. The summed E-state index contributed by atoms with van der Waals surface area (Å²) in [6.45, 7) is 3.69. The summed E-state index contributed by atoms with van der Waals surface area (Å²) in [5, 5.41) is 3.51. The first-order valence-electron chi connectivity index (χ1n) is 7.55. The number of carbonyl (C=O) groups excluding carboxylic acids is 1. The largest absolute Gasteiger partial charge is 0.382 e. The molecule has 2 fully saturated rings. The number of hydrogen-bond donors (Lipinski definition) is 1. The highest BCUT2D eigenvalue weighted by atomic mass is 16.5. The summed E-state index contributed by atoms with van der Waals surface area (Å²) in [6.07, 6.45) is 4.25. The molecule has 1 heterocycles. The molecule has 4 nitrogen and oxygen atoms in total. The molecule has 0 atom stereocenters. The maximum atomic E-state index is 11.7. The van der Waals surface area contributed by atoms with Crippen molar-refractivity contribution in [1.29, 1.82) is 0 Å². The third-order valence-corrected chi connectivity index (χ3v) is 4.12. The minimum absolute atomic E-state index is 0.240. The highest BCUT2D eigenvalue weighted by molar-refractivity contribution is 5.95. The fourth-order valence-corrected chi connectivity index (χ4v) is 2.95. The number of carbonyl (C=O) groups is 1. The zero-order chi connectivity index (χ0) is 13.9. The Bertz CT molecular complexity index is 466. The lowest BCUT2D eigenvalue weighted by atomic mass is 9.89. The summed E-state index contributed by atoms with van der Waals surface area (Å²) >= 11 is 0. The number of rotatable bonds is 5. The van der Waals surface area contributed by atoms with E-state index in [9.17, 15) is 4.79 Å². The Kier molecular flexibility index (Phi) is 3.92. The molecule has 0 bridgehead atoms. The second kappa shape index (κ2) is 5.83. The van der Waals surface area contributed by atoms with Crippen LogP contribution in [0.25, 0.3) is 0 Å². The van der Waals surface area contributed by atoms with Crippen LogP contribution < -0.4 is 10.2 Å². The van der Waals surface area contributed by atoms with E-state index in [1.54, 1.807) is 0 Å². The normalized spacial score (nSPS) is 25.6. The fourth-order valence-electron chi connectivity index (χ4n) is 2.95. The Morgan fingerprint density at radius 2 is 2.05 bits per heavy atom. The number of amides is 1. The van der Waals surface area contributed by atoms with Gasteiger partial charge in [0.05, 0.1) is 6.10 Å². The Morgan fingerprint density at radius 3 is 2.65 bits per heavy atom. The van der Waals surface area contributed by atoms with Crippen molar-refractivity contribution in [3.63, 3.8) is 0 Å². The Labute approximate surface area is 120 Å². The standard InChI is InChI=1S/C16H22N2O2/c1-2-20-15-10-13(11-15)17-12-5-7-14(8-6-12)18-9-3-4-16(18)19/h5-8,13,15,17H,2-4,9-11H2,1H3. The van der Waals surface area contributed by atoms with Crippen molar-refractivity contribution in [2.45, 2.75) is 44.8 Å². The first-order valence-corrected chi connectivity index (χ1v) is 7.55. The Hall–Kier alpha value is -1.55. The van der Waals surface area contributed by atoms with Gasteiger partial charge >= 0.3 is 0 Å². The van der Waals surface area contributed by atoms with E-state index in [0.717, 1.165) is 43.8 Å². The molecule has 1 saturated heterocycles. The second-order valence-corrected chi connectivity index (χ2v) is 5.59. The van der Waals surface area contributed by atoms with Crippen LogP contribution in [0, 0.1) is 0 Å². The fraction of sp³-hybridized carbons (Fsp3) is 0.562. The number of nitrogens with one attached hydrogen (secondary N) is 1. The number of ether oxygens (including phenoxy) is 1. The summed E-state index contributed by atoms with van der Waals surface area (Å²) in [7, 11) is 0. The van der Waals surface area contributed by atoms with Gasteiger partial charge in [0, 0.05) is 37.0 Å². The van der Waals surface area contributed by atoms with Crippen LogP contribution in [0.2, 0.25) is 0 Å². The molecule has 0 spiro atoms. The first kappa shape index (κ1) is 13.4. The summed E-state index contributed by atoms with van der Waals surface area (Å²) in [6, 6.07) is 8.71. The molecule has 1 N–H and O–H groups in total. The van der Waals surface area contributed by atoms with E-state index in [-0.39, 0.29) is 5.91 Å². The predicted molar refractivity (Wildman–Crippen MR) is 80.1 cm³/mol. The molecule has 1 aliphatic heterocycles. The zero-order valence-corrected chi connectivity index (χ0v) is 12.0. The molecule has 1 aromatic carbocycles. The topological polar surface area (TPSA) is 41.6 Å². The van der Waals surface area contributed by atoms with Crippen LogP contribution in [-0.2, 0) is 9.53 Å². The van der Waals surface area contributed by atoms with Crippen LogP contribution in [0.3, 0.4) is 0 Å². The van der Waals surface area contributed by atoms with Crippen LogP contribution >= 0.6 is 0 Å². The van der Waals surface area contributed by atoms with Gasteiger partial charge < -0.3 is 15.0 Å². The van der Waals surface area contributed by atoms with E-state index in [1.807, 2.05) is 24.0 Å². The number of benzene rings is 1. The first-order chi connectivity index (χ1) is 9.76. The van der Waals surface area contributed by atoms with Crippen molar-refractivity contribution in [2.24, 2.45) is 0 Å². The van der Waals surface area contributed by atoms with Crippen LogP contribution in [0.4, 0.5) is 11.4 Å². The number of anilines is 2. The minimum atomic E-state index is 0.240. The van der Waals surface area contributed by atoms with E-state index < -0.39 is 0 Å². The SMILES string of the molecule is CCOC1CC(Nc2ccc(N3CCCC3=O)cc2)C1. The molecule has 3 rings (SSSR count). The van der Waals surface area contributed by atoms with Crippen LogP contribution in [0.5, 0.6) is 0 Å².